The molecule has 8 nitrogen and oxygen atoms in total. The minimum atomic E-state index is -2.23. The lowest BCUT2D eigenvalue weighted by Gasteiger charge is -2.40. The van der Waals surface area contributed by atoms with Gasteiger partial charge >= 0.3 is 11.9 Å². The molecule has 0 aromatic rings. The molecule has 0 spiro atoms. The summed E-state index contributed by atoms with van der Waals surface area (Å²) in [5, 5.41) is 21.2. The maximum absolute atomic E-state index is 12.7. The molecular formula is C21H33NO7. The highest BCUT2D eigenvalue weighted by molar-refractivity contribution is 5.87. The molecule has 0 aromatic heterocycles. The van der Waals surface area contributed by atoms with E-state index < -0.39 is 23.3 Å². The Morgan fingerprint density at radius 3 is 2.59 bits per heavy atom. The van der Waals surface area contributed by atoms with Crippen molar-refractivity contribution in [3.8, 4) is 0 Å². The zero-order valence-corrected chi connectivity index (χ0v) is 18.1. The smallest absolute Gasteiger partial charge is 0.344 e. The molecular weight excluding hydrogens is 378 g/mol. The molecule has 8 heteroatoms. The number of hydrogen-bond acceptors (Lipinski definition) is 8. The molecule has 0 saturated carbocycles. The van der Waals surface area contributed by atoms with E-state index in [0.717, 1.165) is 12.1 Å². The van der Waals surface area contributed by atoms with Gasteiger partial charge in [0.05, 0.1) is 12.1 Å². The van der Waals surface area contributed by atoms with Gasteiger partial charge in [-0.15, -0.1) is 0 Å². The van der Waals surface area contributed by atoms with E-state index in [9.17, 15) is 19.8 Å². The Labute approximate surface area is 172 Å². The molecule has 4 atom stereocenters. The fraction of sp³-hybridized carbons (Fsp3) is 0.714. The van der Waals surface area contributed by atoms with Crippen LogP contribution in [0, 0.1) is 0 Å². The largest absolute Gasteiger partial charge is 0.459 e. The first kappa shape index (κ1) is 23.5. The fourth-order valence-electron chi connectivity index (χ4n) is 3.82. The second-order valence-electron chi connectivity index (χ2n) is 8.20. The van der Waals surface area contributed by atoms with Gasteiger partial charge in [0, 0.05) is 25.8 Å². The molecule has 0 bridgehead atoms. The van der Waals surface area contributed by atoms with E-state index in [-0.39, 0.29) is 24.7 Å². The van der Waals surface area contributed by atoms with E-state index in [2.05, 4.69) is 4.90 Å². The van der Waals surface area contributed by atoms with Crippen LogP contribution in [0.5, 0.6) is 0 Å². The quantitative estimate of drug-likeness (QED) is 0.346. The lowest BCUT2D eigenvalue weighted by Crippen LogP contribution is -2.63. The maximum atomic E-state index is 12.7. The van der Waals surface area contributed by atoms with Crippen molar-refractivity contribution in [2.24, 2.45) is 0 Å². The van der Waals surface area contributed by atoms with Crippen LogP contribution >= 0.6 is 0 Å². The molecule has 29 heavy (non-hydrogen) atoms. The third-order valence-electron chi connectivity index (χ3n) is 5.98. The number of nitrogens with zero attached hydrogens (tertiary/aromatic N) is 1. The number of carbonyl (C=O) groups excluding carboxylic acids is 2. The molecule has 0 amide bonds. The fourth-order valence-corrected chi connectivity index (χ4v) is 3.82. The highest BCUT2D eigenvalue weighted by Gasteiger charge is 2.55. The summed E-state index contributed by atoms with van der Waals surface area (Å²) in [6, 6.07) is -0.161. The number of rotatable bonds is 8. The molecule has 2 N–H and O–H groups in total. The lowest BCUT2D eigenvalue weighted by atomic mass is 9.81. The summed E-state index contributed by atoms with van der Waals surface area (Å²) < 4.78 is 16.1. The first-order chi connectivity index (χ1) is 13.5. The number of hydrogen-bond donors (Lipinski definition) is 2. The number of ether oxygens (including phenoxy) is 3. The van der Waals surface area contributed by atoms with Crippen LogP contribution in [0.4, 0.5) is 0 Å². The molecule has 0 radical (unpaired) electrons. The summed E-state index contributed by atoms with van der Waals surface area (Å²) in [6.45, 7) is 9.03. The van der Waals surface area contributed by atoms with E-state index in [4.69, 9.17) is 14.2 Å². The summed E-state index contributed by atoms with van der Waals surface area (Å²) in [5.74, 6) is -1.32. The topological polar surface area (TPSA) is 106 Å². The molecule has 0 aliphatic carbocycles. The van der Waals surface area contributed by atoms with Gasteiger partial charge in [0.1, 0.15) is 18.3 Å². The number of esters is 2. The molecule has 1 saturated heterocycles. The third-order valence-corrected chi connectivity index (χ3v) is 5.98. The van der Waals surface area contributed by atoms with Crippen molar-refractivity contribution in [2.45, 2.75) is 70.5 Å². The Hall–Kier alpha value is -1.74. The molecule has 1 fully saturated rings. The first-order valence-corrected chi connectivity index (χ1v) is 9.89. The van der Waals surface area contributed by atoms with Crippen LogP contribution < -0.4 is 0 Å². The van der Waals surface area contributed by atoms with Crippen molar-refractivity contribution in [1.82, 2.24) is 4.90 Å². The first-order valence-electron chi connectivity index (χ1n) is 9.89. The van der Waals surface area contributed by atoms with Gasteiger partial charge in [-0.1, -0.05) is 12.2 Å². The highest BCUT2D eigenvalue weighted by atomic mass is 16.6. The van der Waals surface area contributed by atoms with Crippen LogP contribution in [0.3, 0.4) is 0 Å². The number of fused-ring (bicyclic) bond motifs is 1. The number of carbonyl (C=O) groups is 2. The molecule has 2 heterocycles. The van der Waals surface area contributed by atoms with Crippen molar-refractivity contribution in [3.63, 3.8) is 0 Å². The van der Waals surface area contributed by atoms with Crippen molar-refractivity contribution >= 4 is 11.9 Å². The average molecular weight is 411 g/mol. The van der Waals surface area contributed by atoms with Crippen molar-refractivity contribution in [3.05, 3.63) is 23.3 Å². The van der Waals surface area contributed by atoms with E-state index in [1.807, 2.05) is 6.08 Å². The second-order valence-corrected chi connectivity index (χ2v) is 8.20. The third kappa shape index (κ3) is 4.55. The predicted octanol–water partition coefficient (Wildman–Crippen LogP) is 0.959. The van der Waals surface area contributed by atoms with Gasteiger partial charge in [0.15, 0.2) is 0 Å². The minimum absolute atomic E-state index is 0.0640. The standard InChI is InChI=1S/C21H33NO7/c1-7-13(2)18(23)29-16-9-11-22-10-8-15(17(16)22)12-28-19(24)21(26,14(3)27-6)20(4,5)25/h7-8,14,16-17,25-26H,9-12H2,1-6H3/b13-7+. The number of methoxy groups -OCH3 is 1. The summed E-state index contributed by atoms with van der Waals surface area (Å²) in [7, 11) is 1.34. The molecule has 2 aliphatic rings. The van der Waals surface area contributed by atoms with Crippen LogP contribution in [-0.4, -0.2) is 83.3 Å². The predicted molar refractivity (Wildman–Crippen MR) is 106 cm³/mol. The normalized spacial score (nSPS) is 25.8. The van der Waals surface area contributed by atoms with Gasteiger partial charge in [-0.3, -0.25) is 4.90 Å². The van der Waals surface area contributed by atoms with E-state index in [1.165, 1.54) is 27.9 Å². The lowest BCUT2D eigenvalue weighted by molar-refractivity contribution is -0.216. The van der Waals surface area contributed by atoms with Gasteiger partial charge in [0.2, 0.25) is 5.60 Å². The molecule has 0 aromatic carbocycles. The van der Waals surface area contributed by atoms with Gasteiger partial charge in [-0.05, 0) is 46.6 Å². The summed E-state index contributed by atoms with van der Waals surface area (Å²) >= 11 is 0. The monoisotopic (exact) mass is 411 g/mol. The SMILES string of the molecule is C/C=C(\C)C(=O)OC1CCN2CC=C(COC(=O)C(O)(C(C)OC)C(C)(C)O)C12. The zero-order chi connectivity index (χ0) is 22.0. The number of allylic oxidation sites excluding steroid dienone is 1. The Morgan fingerprint density at radius 2 is 2.03 bits per heavy atom. The zero-order valence-electron chi connectivity index (χ0n) is 18.1. The van der Waals surface area contributed by atoms with Crippen molar-refractivity contribution in [1.29, 1.82) is 0 Å². The Morgan fingerprint density at radius 1 is 1.38 bits per heavy atom. The number of aliphatic hydroxyl groups is 2. The Bertz CT molecular complexity index is 694. The average Bonchev–Trinajstić information content (AvgIpc) is 3.26. The summed E-state index contributed by atoms with van der Waals surface area (Å²) in [6.07, 6.45) is 3.05. The molecule has 2 aliphatic heterocycles. The summed E-state index contributed by atoms with van der Waals surface area (Å²) in [5.41, 5.74) is -2.65. The van der Waals surface area contributed by atoms with Crippen LogP contribution in [0.25, 0.3) is 0 Å². The van der Waals surface area contributed by atoms with Crippen LogP contribution in [0.15, 0.2) is 23.3 Å². The van der Waals surface area contributed by atoms with Crippen LogP contribution in [0.1, 0.15) is 41.0 Å². The van der Waals surface area contributed by atoms with Crippen molar-refractivity contribution in [2.75, 3.05) is 26.8 Å². The van der Waals surface area contributed by atoms with E-state index in [0.29, 0.717) is 18.5 Å². The van der Waals surface area contributed by atoms with Crippen LogP contribution in [-0.2, 0) is 23.8 Å². The molecule has 2 rings (SSSR count). The second kappa shape index (κ2) is 8.95. The van der Waals surface area contributed by atoms with Gasteiger partial charge in [-0.25, -0.2) is 9.59 Å². The van der Waals surface area contributed by atoms with Gasteiger partial charge < -0.3 is 24.4 Å². The van der Waals surface area contributed by atoms with Gasteiger partial charge in [-0.2, -0.15) is 0 Å². The molecule has 4 unspecified atom stereocenters. The molecule has 164 valence electrons. The minimum Gasteiger partial charge on any atom is -0.459 e. The van der Waals surface area contributed by atoms with Crippen molar-refractivity contribution < 1.29 is 34.0 Å². The highest BCUT2D eigenvalue weighted by Crippen LogP contribution is 2.33. The maximum Gasteiger partial charge on any atom is 0.344 e. The van der Waals surface area contributed by atoms with Crippen LogP contribution in [0.2, 0.25) is 0 Å². The Kier molecular flexibility index (Phi) is 7.27. The Balaban J connectivity index is 2.08. The summed E-state index contributed by atoms with van der Waals surface area (Å²) in [4.78, 5) is 27.0. The van der Waals surface area contributed by atoms with Gasteiger partial charge in [0.25, 0.3) is 0 Å². The van der Waals surface area contributed by atoms with E-state index >= 15 is 0 Å². The van der Waals surface area contributed by atoms with E-state index in [1.54, 1.807) is 19.9 Å².